The largest absolute Gasteiger partial charge is 0.325 e. The van der Waals surface area contributed by atoms with Crippen LogP contribution in [-0.2, 0) is 6.42 Å². The number of nitrogens with two attached hydrogens (primary N) is 1. The number of likely N-dealkylation sites (tertiary alicyclic amines) is 1. The van der Waals surface area contributed by atoms with Crippen LogP contribution in [0.4, 0.5) is 0 Å². The smallest absolute Gasteiger partial charge is 0.0595 e. The van der Waals surface area contributed by atoms with E-state index in [9.17, 15) is 0 Å². The highest BCUT2D eigenvalue weighted by atomic mass is 35.5. The minimum Gasteiger partial charge on any atom is -0.325 e. The van der Waals surface area contributed by atoms with E-state index in [1.54, 1.807) is 0 Å². The zero-order valence-corrected chi connectivity index (χ0v) is 11.6. The van der Waals surface area contributed by atoms with E-state index in [0.717, 1.165) is 32.4 Å². The van der Waals surface area contributed by atoms with Gasteiger partial charge in [-0.2, -0.15) is 0 Å². The lowest BCUT2D eigenvalue weighted by molar-refractivity contribution is 0.190. The van der Waals surface area contributed by atoms with Crippen molar-refractivity contribution in [3.63, 3.8) is 0 Å². The summed E-state index contributed by atoms with van der Waals surface area (Å²) in [7, 11) is 2.14. The Morgan fingerprint density at radius 1 is 1.24 bits per heavy atom. The van der Waals surface area contributed by atoms with E-state index in [0.29, 0.717) is 10.0 Å². The van der Waals surface area contributed by atoms with Gasteiger partial charge in [0.25, 0.3) is 0 Å². The third kappa shape index (κ3) is 3.35. The van der Waals surface area contributed by atoms with Crippen molar-refractivity contribution in [1.29, 1.82) is 0 Å². The summed E-state index contributed by atoms with van der Waals surface area (Å²) in [6, 6.07) is 5.79. The molecule has 0 amide bonds. The average molecular weight is 273 g/mol. The molecule has 1 heterocycles. The maximum absolute atomic E-state index is 6.44. The number of hydrogen-bond donors (Lipinski definition) is 1. The number of rotatable bonds is 2. The normalized spacial score (nSPS) is 20.5. The highest BCUT2D eigenvalue weighted by molar-refractivity contribution is 6.42. The van der Waals surface area contributed by atoms with Crippen LogP contribution in [0.1, 0.15) is 18.4 Å². The van der Waals surface area contributed by atoms with Gasteiger partial charge >= 0.3 is 0 Å². The fourth-order valence-electron chi connectivity index (χ4n) is 2.30. The van der Waals surface area contributed by atoms with E-state index in [1.807, 2.05) is 18.2 Å². The molecular formula is C13H18Cl2N2. The maximum Gasteiger partial charge on any atom is 0.0595 e. The van der Waals surface area contributed by atoms with Crippen LogP contribution in [0, 0.1) is 0 Å². The van der Waals surface area contributed by atoms with E-state index in [-0.39, 0.29) is 5.54 Å². The predicted octanol–water partition coefficient (Wildman–Crippen LogP) is 2.96. The molecule has 0 atom stereocenters. The first kappa shape index (κ1) is 13.2. The summed E-state index contributed by atoms with van der Waals surface area (Å²) >= 11 is 11.9. The molecule has 4 heteroatoms. The summed E-state index contributed by atoms with van der Waals surface area (Å²) in [6.45, 7) is 2.13. The fourth-order valence-corrected chi connectivity index (χ4v) is 2.62. The Morgan fingerprint density at radius 2 is 1.88 bits per heavy atom. The highest BCUT2D eigenvalue weighted by Gasteiger charge is 2.29. The van der Waals surface area contributed by atoms with E-state index >= 15 is 0 Å². The average Bonchev–Trinajstić information content (AvgIpc) is 2.28. The van der Waals surface area contributed by atoms with E-state index in [1.165, 1.54) is 5.56 Å². The van der Waals surface area contributed by atoms with Gasteiger partial charge in [0.1, 0.15) is 0 Å². The summed E-state index contributed by atoms with van der Waals surface area (Å²) in [4.78, 5) is 2.32. The Labute approximate surface area is 113 Å². The van der Waals surface area contributed by atoms with Crippen molar-refractivity contribution in [3.05, 3.63) is 33.8 Å². The first-order valence-corrected chi connectivity index (χ1v) is 6.65. The molecule has 1 fully saturated rings. The van der Waals surface area contributed by atoms with Crippen molar-refractivity contribution in [2.24, 2.45) is 5.73 Å². The van der Waals surface area contributed by atoms with Crippen molar-refractivity contribution in [2.45, 2.75) is 24.8 Å². The van der Waals surface area contributed by atoms with Crippen LogP contribution in [0.2, 0.25) is 10.0 Å². The molecule has 2 N–H and O–H groups in total. The number of hydrogen-bond acceptors (Lipinski definition) is 2. The standard InChI is InChI=1S/C13H18Cl2N2/c1-17-6-4-13(16,5-7-17)9-10-2-3-11(14)12(15)8-10/h2-3,8H,4-7,9,16H2,1H3. The van der Waals surface area contributed by atoms with Crippen LogP contribution >= 0.6 is 23.2 Å². The third-order valence-corrected chi connectivity index (χ3v) is 4.26. The molecule has 1 aliphatic rings. The number of benzene rings is 1. The van der Waals surface area contributed by atoms with E-state index in [2.05, 4.69) is 11.9 Å². The topological polar surface area (TPSA) is 29.3 Å². The van der Waals surface area contributed by atoms with Gasteiger partial charge in [0.05, 0.1) is 10.0 Å². The molecule has 1 saturated heterocycles. The van der Waals surface area contributed by atoms with Gasteiger partial charge in [-0.05, 0) is 57.1 Å². The van der Waals surface area contributed by atoms with Gasteiger partial charge in [-0.1, -0.05) is 29.3 Å². The number of halogens is 2. The molecule has 94 valence electrons. The molecular weight excluding hydrogens is 255 g/mol. The predicted molar refractivity (Wildman–Crippen MR) is 73.8 cm³/mol. The molecule has 1 aliphatic heterocycles. The Balaban J connectivity index is 2.07. The molecule has 1 aromatic carbocycles. The zero-order valence-electron chi connectivity index (χ0n) is 10.0. The van der Waals surface area contributed by atoms with Crippen LogP contribution in [-0.4, -0.2) is 30.6 Å². The van der Waals surface area contributed by atoms with Gasteiger partial charge in [0.2, 0.25) is 0 Å². The zero-order chi connectivity index (χ0) is 12.5. The SMILES string of the molecule is CN1CCC(N)(Cc2ccc(Cl)c(Cl)c2)CC1. The monoisotopic (exact) mass is 272 g/mol. The molecule has 0 spiro atoms. The second-order valence-corrected chi connectivity index (χ2v) is 5.91. The van der Waals surface area contributed by atoms with Crippen LogP contribution in [0.3, 0.4) is 0 Å². The van der Waals surface area contributed by atoms with Crippen LogP contribution in [0.25, 0.3) is 0 Å². The van der Waals surface area contributed by atoms with Crippen molar-refractivity contribution in [1.82, 2.24) is 4.90 Å². The first-order valence-electron chi connectivity index (χ1n) is 5.90. The molecule has 0 unspecified atom stereocenters. The van der Waals surface area contributed by atoms with Crippen LogP contribution in [0.15, 0.2) is 18.2 Å². The quantitative estimate of drug-likeness (QED) is 0.897. The molecule has 17 heavy (non-hydrogen) atoms. The van der Waals surface area contributed by atoms with E-state index < -0.39 is 0 Å². The van der Waals surface area contributed by atoms with Crippen molar-refractivity contribution in [3.8, 4) is 0 Å². The third-order valence-electron chi connectivity index (χ3n) is 3.52. The second-order valence-electron chi connectivity index (χ2n) is 5.09. The lowest BCUT2D eigenvalue weighted by atomic mass is 9.83. The second kappa shape index (κ2) is 5.15. The Kier molecular flexibility index (Phi) is 3.99. The molecule has 0 bridgehead atoms. The van der Waals surface area contributed by atoms with Gasteiger partial charge in [-0.25, -0.2) is 0 Å². The summed E-state index contributed by atoms with van der Waals surface area (Å²) in [5.74, 6) is 0. The number of piperidine rings is 1. The molecule has 1 aromatic rings. The molecule has 0 aliphatic carbocycles. The molecule has 0 aromatic heterocycles. The Morgan fingerprint density at radius 3 is 2.47 bits per heavy atom. The lowest BCUT2D eigenvalue weighted by Crippen LogP contribution is -2.50. The minimum absolute atomic E-state index is 0.0936. The molecule has 0 radical (unpaired) electrons. The van der Waals surface area contributed by atoms with Crippen LogP contribution < -0.4 is 5.73 Å². The van der Waals surface area contributed by atoms with Gasteiger partial charge in [0, 0.05) is 5.54 Å². The highest BCUT2D eigenvalue weighted by Crippen LogP contribution is 2.27. The Hall–Kier alpha value is -0.280. The van der Waals surface area contributed by atoms with Crippen molar-refractivity contribution >= 4 is 23.2 Å². The number of nitrogens with zero attached hydrogens (tertiary/aromatic N) is 1. The lowest BCUT2D eigenvalue weighted by Gasteiger charge is -2.37. The van der Waals surface area contributed by atoms with Crippen molar-refractivity contribution < 1.29 is 0 Å². The molecule has 0 saturated carbocycles. The summed E-state index contributed by atoms with van der Waals surface area (Å²) in [6.07, 6.45) is 2.94. The molecule has 2 nitrogen and oxygen atoms in total. The summed E-state index contributed by atoms with van der Waals surface area (Å²) in [5.41, 5.74) is 7.52. The fraction of sp³-hybridized carbons (Fsp3) is 0.538. The molecule has 2 rings (SSSR count). The first-order chi connectivity index (χ1) is 7.98. The van der Waals surface area contributed by atoms with Gasteiger partial charge in [-0.15, -0.1) is 0 Å². The minimum atomic E-state index is -0.0936. The maximum atomic E-state index is 6.44. The summed E-state index contributed by atoms with van der Waals surface area (Å²) < 4.78 is 0. The Bertz CT molecular complexity index is 398. The van der Waals surface area contributed by atoms with Crippen LogP contribution in [0.5, 0.6) is 0 Å². The van der Waals surface area contributed by atoms with Gasteiger partial charge < -0.3 is 10.6 Å². The van der Waals surface area contributed by atoms with Gasteiger partial charge in [-0.3, -0.25) is 0 Å². The summed E-state index contributed by atoms with van der Waals surface area (Å²) in [5, 5.41) is 1.21. The van der Waals surface area contributed by atoms with Crippen molar-refractivity contribution in [2.75, 3.05) is 20.1 Å². The van der Waals surface area contributed by atoms with E-state index in [4.69, 9.17) is 28.9 Å². The van der Waals surface area contributed by atoms with Gasteiger partial charge in [0.15, 0.2) is 0 Å².